The molecule has 1 N–H and O–H groups in total. The van der Waals surface area contributed by atoms with Crippen molar-refractivity contribution in [1.29, 1.82) is 0 Å². The van der Waals surface area contributed by atoms with Crippen LogP contribution in [0.2, 0.25) is 5.02 Å². The summed E-state index contributed by atoms with van der Waals surface area (Å²) in [7, 11) is 1.57. The van der Waals surface area contributed by atoms with E-state index in [2.05, 4.69) is 10.5 Å². The van der Waals surface area contributed by atoms with E-state index in [1.165, 1.54) is 16.8 Å². The van der Waals surface area contributed by atoms with Crippen molar-refractivity contribution in [3.63, 3.8) is 0 Å². The number of hydrogen-bond donors (Lipinski definition) is 1. The highest BCUT2D eigenvalue weighted by Gasteiger charge is 2.14. The van der Waals surface area contributed by atoms with Gasteiger partial charge in [-0.05, 0) is 50.6 Å². The summed E-state index contributed by atoms with van der Waals surface area (Å²) in [6.07, 6.45) is 2.92. The number of halogens is 1. The lowest BCUT2D eigenvalue weighted by Gasteiger charge is -2.16. The second-order valence-corrected chi connectivity index (χ2v) is 6.37. The van der Waals surface area contributed by atoms with Crippen LogP contribution in [0.4, 0.5) is 0 Å². The maximum atomic E-state index is 12.1. The van der Waals surface area contributed by atoms with Gasteiger partial charge in [-0.2, -0.15) is 5.10 Å². The molecule has 0 bridgehead atoms. The number of carbonyl (C=O) groups excluding carboxylic acids is 1. The Balaban J connectivity index is 2.20. The third kappa shape index (κ3) is 5.34. The number of carbonyl (C=O) groups is 1. The number of benzene rings is 1. The Bertz CT molecular complexity index is 906. The highest BCUT2D eigenvalue weighted by atomic mass is 35.5. The van der Waals surface area contributed by atoms with Gasteiger partial charge in [0.05, 0.1) is 23.9 Å². The van der Waals surface area contributed by atoms with Crippen molar-refractivity contribution in [2.75, 3.05) is 6.61 Å². The molecular formula is C19H22ClN3O4. The highest BCUT2D eigenvalue weighted by Crippen LogP contribution is 2.37. The topological polar surface area (TPSA) is 81.9 Å². The van der Waals surface area contributed by atoms with Crippen molar-refractivity contribution >= 4 is 23.7 Å². The fraction of sp³-hybridized carbons (Fsp3) is 0.316. The average molecular weight is 392 g/mol. The molecule has 2 rings (SSSR count). The van der Waals surface area contributed by atoms with Crippen LogP contribution in [0.3, 0.4) is 0 Å². The summed E-state index contributed by atoms with van der Waals surface area (Å²) in [4.78, 5) is 24.0. The number of aromatic nitrogens is 1. The fourth-order valence-corrected chi connectivity index (χ4v) is 2.53. The van der Waals surface area contributed by atoms with Crippen LogP contribution >= 0.6 is 11.6 Å². The first kappa shape index (κ1) is 20.5. The molecule has 0 aliphatic carbocycles. The molecule has 1 heterocycles. The molecule has 0 aliphatic rings. The first-order valence-electron chi connectivity index (χ1n) is 8.45. The molecule has 8 heteroatoms. The Hall–Kier alpha value is -2.80. The molecule has 1 amide bonds. The van der Waals surface area contributed by atoms with E-state index in [0.717, 1.165) is 0 Å². The molecule has 0 aliphatic heterocycles. The van der Waals surface area contributed by atoms with Crippen LogP contribution in [0, 0.1) is 0 Å². The zero-order valence-electron chi connectivity index (χ0n) is 15.7. The number of hydrazone groups is 1. The van der Waals surface area contributed by atoms with E-state index in [1.54, 1.807) is 31.4 Å². The van der Waals surface area contributed by atoms with Gasteiger partial charge in [0.1, 0.15) is 5.56 Å². The third-order valence-electron chi connectivity index (χ3n) is 3.43. The number of hydrogen-bond acceptors (Lipinski definition) is 5. The van der Waals surface area contributed by atoms with Gasteiger partial charge < -0.3 is 14.0 Å². The van der Waals surface area contributed by atoms with Crippen LogP contribution in [0.5, 0.6) is 11.5 Å². The Morgan fingerprint density at radius 3 is 2.81 bits per heavy atom. The summed E-state index contributed by atoms with van der Waals surface area (Å²) in [5.41, 5.74) is 2.55. The molecule has 0 unspecified atom stereocenters. The number of ether oxygens (including phenoxy) is 2. The smallest absolute Gasteiger partial charge is 0.276 e. The van der Waals surface area contributed by atoms with Crippen molar-refractivity contribution < 1.29 is 14.3 Å². The Morgan fingerprint density at radius 2 is 2.15 bits per heavy atom. The minimum atomic E-state index is -0.594. The maximum absolute atomic E-state index is 12.1. The zero-order chi connectivity index (χ0) is 20.0. The molecule has 0 saturated heterocycles. The van der Waals surface area contributed by atoms with E-state index in [-0.39, 0.29) is 11.7 Å². The van der Waals surface area contributed by atoms with Gasteiger partial charge in [0.25, 0.3) is 11.5 Å². The minimum Gasteiger partial charge on any atom is -0.490 e. The first-order chi connectivity index (χ1) is 12.8. The first-order valence-corrected chi connectivity index (χ1v) is 8.83. The predicted molar refractivity (Wildman–Crippen MR) is 105 cm³/mol. The van der Waals surface area contributed by atoms with Crippen molar-refractivity contribution in [3.05, 3.63) is 57.0 Å². The standard InChI is InChI=1S/C19H22ClN3O4/c1-5-26-16-10-13(9-15(20)17(16)27-12(2)3)11-21-22-18(24)14-7-6-8-23(4)19(14)25/h6-12H,5H2,1-4H3,(H,22,24)/b21-11-. The van der Waals surface area contributed by atoms with Crippen LogP contribution in [-0.2, 0) is 7.05 Å². The van der Waals surface area contributed by atoms with Crippen LogP contribution < -0.4 is 20.5 Å². The zero-order valence-corrected chi connectivity index (χ0v) is 16.4. The number of aryl methyl sites for hydroxylation is 1. The number of rotatable bonds is 7. The van der Waals surface area contributed by atoms with Crippen molar-refractivity contribution in [2.24, 2.45) is 12.1 Å². The molecular weight excluding hydrogens is 370 g/mol. The second-order valence-electron chi connectivity index (χ2n) is 5.97. The summed E-state index contributed by atoms with van der Waals surface area (Å²) in [5.74, 6) is 0.356. The average Bonchev–Trinajstić information content (AvgIpc) is 2.60. The SMILES string of the molecule is CCOc1cc(/C=N\NC(=O)c2cccn(C)c2=O)cc(Cl)c1OC(C)C. The molecule has 0 spiro atoms. The molecule has 1 aromatic carbocycles. The quantitative estimate of drug-likeness (QED) is 0.581. The Kier molecular flexibility index (Phi) is 7.01. The highest BCUT2D eigenvalue weighted by molar-refractivity contribution is 6.32. The summed E-state index contributed by atoms with van der Waals surface area (Å²) in [6.45, 7) is 6.09. The minimum absolute atomic E-state index is 0.00543. The van der Waals surface area contributed by atoms with Gasteiger partial charge >= 0.3 is 0 Å². The van der Waals surface area contributed by atoms with Crippen LogP contribution in [0.15, 0.2) is 40.4 Å². The Morgan fingerprint density at radius 1 is 1.41 bits per heavy atom. The van der Waals surface area contributed by atoms with Crippen LogP contribution in [-0.4, -0.2) is 29.4 Å². The third-order valence-corrected chi connectivity index (χ3v) is 3.71. The van der Waals surface area contributed by atoms with Crippen molar-refractivity contribution in [1.82, 2.24) is 9.99 Å². The largest absolute Gasteiger partial charge is 0.490 e. The molecule has 0 saturated carbocycles. The normalized spacial score (nSPS) is 11.0. The lowest BCUT2D eigenvalue weighted by atomic mass is 10.2. The lowest BCUT2D eigenvalue weighted by Crippen LogP contribution is -2.29. The monoisotopic (exact) mass is 391 g/mol. The lowest BCUT2D eigenvalue weighted by molar-refractivity contribution is 0.0953. The van der Waals surface area contributed by atoms with Gasteiger partial charge in [-0.15, -0.1) is 0 Å². The van der Waals surface area contributed by atoms with E-state index < -0.39 is 11.5 Å². The Labute approximate surface area is 162 Å². The number of pyridine rings is 1. The van der Waals surface area contributed by atoms with Gasteiger partial charge in [-0.3, -0.25) is 9.59 Å². The van der Waals surface area contributed by atoms with Gasteiger partial charge in [-0.1, -0.05) is 11.6 Å². The molecule has 27 heavy (non-hydrogen) atoms. The molecule has 0 fully saturated rings. The molecule has 0 atom stereocenters. The number of nitrogens with one attached hydrogen (secondary N) is 1. The summed E-state index contributed by atoms with van der Waals surface area (Å²) < 4.78 is 12.6. The van der Waals surface area contributed by atoms with E-state index in [4.69, 9.17) is 21.1 Å². The predicted octanol–water partition coefficient (Wildman–Crippen LogP) is 2.99. The van der Waals surface area contributed by atoms with Gasteiger partial charge in [0, 0.05) is 13.2 Å². The van der Waals surface area contributed by atoms with E-state index in [0.29, 0.717) is 28.7 Å². The van der Waals surface area contributed by atoms with E-state index in [1.807, 2.05) is 20.8 Å². The second kappa shape index (κ2) is 9.23. The van der Waals surface area contributed by atoms with E-state index in [9.17, 15) is 9.59 Å². The molecule has 2 aromatic rings. The maximum Gasteiger partial charge on any atom is 0.276 e. The molecule has 144 valence electrons. The van der Waals surface area contributed by atoms with E-state index >= 15 is 0 Å². The molecule has 7 nitrogen and oxygen atoms in total. The van der Waals surface area contributed by atoms with Crippen LogP contribution in [0.25, 0.3) is 0 Å². The summed E-state index contributed by atoms with van der Waals surface area (Å²) in [6, 6.07) is 6.42. The van der Waals surface area contributed by atoms with Gasteiger partial charge in [0.15, 0.2) is 11.5 Å². The number of amides is 1. The summed E-state index contributed by atoms with van der Waals surface area (Å²) in [5, 5.41) is 4.27. The number of nitrogens with zero attached hydrogens (tertiary/aromatic N) is 2. The van der Waals surface area contributed by atoms with Crippen LogP contribution in [0.1, 0.15) is 36.7 Å². The summed E-state index contributed by atoms with van der Waals surface area (Å²) >= 11 is 6.29. The molecule has 1 aromatic heterocycles. The van der Waals surface area contributed by atoms with Crippen molar-refractivity contribution in [2.45, 2.75) is 26.9 Å². The van der Waals surface area contributed by atoms with Gasteiger partial charge in [-0.25, -0.2) is 5.43 Å². The van der Waals surface area contributed by atoms with Gasteiger partial charge in [0.2, 0.25) is 0 Å². The van der Waals surface area contributed by atoms with Crippen molar-refractivity contribution in [3.8, 4) is 11.5 Å². The fourth-order valence-electron chi connectivity index (χ4n) is 2.27. The molecule has 0 radical (unpaired) electrons.